The van der Waals surface area contributed by atoms with Gasteiger partial charge in [0.2, 0.25) is 0 Å². The molecular weight excluding hydrogens is 280 g/mol. The van der Waals surface area contributed by atoms with Crippen molar-refractivity contribution in [2.75, 3.05) is 12.4 Å². The molecule has 0 heterocycles. The largest absolute Gasteiger partial charge is 0.497 e. The third-order valence-corrected chi connectivity index (χ3v) is 3.68. The summed E-state index contributed by atoms with van der Waals surface area (Å²) in [5.74, 6) is 0.779. The molecule has 0 radical (unpaired) electrons. The van der Waals surface area contributed by atoms with Crippen molar-refractivity contribution >= 4 is 22.9 Å². The van der Waals surface area contributed by atoms with Gasteiger partial charge < -0.3 is 15.8 Å². The summed E-state index contributed by atoms with van der Waals surface area (Å²) >= 11 is 5.11. The van der Waals surface area contributed by atoms with Gasteiger partial charge in [0.15, 0.2) is 0 Å². The number of nitrogens with two attached hydrogens (primary N) is 1. The van der Waals surface area contributed by atoms with Gasteiger partial charge in [-0.1, -0.05) is 43.4 Å². The maximum atomic E-state index is 5.78. The fourth-order valence-electron chi connectivity index (χ4n) is 2.28. The van der Waals surface area contributed by atoms with E-state index in [-0.39, 0.29) is 0 Å². The number of aryl methyl sites for hydroxylation is 1. The highest BCUT2D eigenvalue weighted by molar-refractivity contribution is 7.80. The minimum atomic E-state index is 0.379. The molecule has 0 amide bonds. The summed E-state index contributed by atoms with van der Waals surface area (Å²) < 4.78 is 5.26. The number of ether oxygens (including phenoxy) is 1. The Labute approximate surface area is 131 Å². The predicted molar refractivity (Wildman–Crippen MR) is 92.0 cm³/mol. The molecule has 0 aliphatic rings. The lowest BCUT2D eigenvalue weighted by Crippen LogP contribution is -2.13. The number of anilines is 1. The number of hydrogen-bond donors (Lipinski definition) is 2. The summed E-state index contributed by atoms with van der Waals surface area (Å²) in [6.45, 7) is 2.89. The highest BCUT2D eigenvalue weighted by Gasteiger charge is 2.08. The standard InChI is InChI=1S/C17H20N2OS/c1-3-12-6-4-5-7-13(12)11-19-16-10-14(20-2)8-9-15(16)17(18)21/h4-10,19H,3,11H2,1-2H3,(H2,18,21). The molecule has 0 bridgehead atoms. The smallest absolute Gasteiger partial charge is 0.120 e. The minimum Gasteiger partial charge on any atom is -0.497 e. The molecule has 2 aromatic rings. The van der Waals surface area contributed by atoms with E-state index in [4.69, 9.17) is 22.7 Å². The Morgan fingerprint density at radius 3 is 2.52 bits per heavy atom. The van der Waals surface area contributed by atoms with Gasteiger partial charge in [-0.05, 0) is 29.7 Å². The molecule has 0 spiro atoms. The zero-order valence-electron chi connectivity index (χ0n) is 12.3. The highest BCUT2D eigenvalue weighted by Crippen LogP contribution is 2.23. The molecule has 0 unspecified atom stereocenters. The van der Waals surface area contributed by atoms with E-state index >= 15 is 0 Å². The Kier molecular flexibility index (Phi) is 5.17. The van der Waals surface area contributed by atoms with Crippen molar-refractivity contribution in [1.29, 1.82) is 0 Å². The van der Waals surface area contributed by atoms with Crippen LogP contribution in [0.15, 0.2) is 42.5 Å². The van der Waals surface area contributed by atoms with E-state index in [9.17, 15) is 0 Å². The SMILES string of the molecule is CCc1ccccc1CNc1cc(OC)ccc1C(N)=S. The van der Waals surface area contributed by atoms with Crippen molar-refractivity contribution in [2.24, 2.45) is 5.73 Å². The molecule has 0 aliphatic carbocycles. The quantitative estimate of drug-likeness (QED) is 0.802. The first-order valence-electron chi connectivity index (χ1n) is 6.94. The van der Waals surface area contributed by atoms with E-state index in [0.717, 1.165) is 30.0 Å². The Hall–Kier alpha value is -2.07. The van der Waals surface area contributed by atoms with Crippen LogP contribution in [0.3, 0.4) is 0 Å². The zero-order valence-corrected chi connectivity index (χ0v) is 13.2. The molecular formula is C17H20N2OS. The van der Waals surface area contributed by atoms with E-state index in [1.54, 1.807) is 7.11 Å². The van der Waals surface area contributed by atoms with Crippen molar-refractivity contribution < 1.29 is 4.74 Å². The second-order valence-electron chi connectivity index (χ2n) is 4.75. The summed E-state index contributed by atoms with van der Waals surface area (Å²) in [7, 11) is 1.64. The lowest BCUT2D eigenvalue weighted by Gasteiger charge is -2.14. The van der Waals surface area contributed by atoms with Gasteiger partial charge in [-0.3, -0.25) is 0 Å². The third-order valence-electron chi connectivity index (χ3n) is 3.46. The second kappa shape index (κ2) is 7.09. The number of rotatable bonds is 6. The van der Waals surface area contributed by atoms with Gasteiger partial charge in [0.05, 0.1) is 7.11 Å². The molecule has 110 valence electrons. The van der Waals surface area contributed by atoms with Gasteiger partial charge in [-0.2, -0.15) is 0 Å². The van der Waals surface area contributed by atoms with Crippen molar-refractivity contribution in [2.45, 2.75) is 19.9 Å². The first-order chi connectivity index (χ1) is 10.2. The Bertz CT molecular complexity index is 640. The monoisotopic (exact) mass is 300 g/mol. The average molecular weight is 300 g/mol. The van der Waals surface area contributed by atoms with E-state index in [1.807, 2.05) is 18.2 Å². The van der Waals surface area contributed by atoms with Crippen LogP contribution in [-0.2, 0) is 13.0 Å². The average Bonchev–Trinajstić information content (AvgIpc) is 2.52. The summed E-state index contributed by atoms with van der Waals surface area (Å²) in [6, 6.07) is 14.1. The predicted octanol–water partition coefficient (Wildman–Crippen LogP) is 3.50. The number of methoxy groups -OCH3 is 1. The number of nitrogens with one attached hydrogen (secondary N) is 1. The van der Waals surface area contributed by atoms with Gasteiger partial charge in [0, 0.05) is 23.9 Å². The lowest BCUT2D eigenvalue weighted by molar-refractivity contribution is 0.415. The normalized spacial score (nSPS) is 10.2. The Balaban J connectivity index is 2.24. The Morgan fingerprint density at radius 2 is 1.90 bits per heavy atom. The molecule has 3 nitrogen and oxygen atoms in total. The van der Waals surface area contributed by atoms with Crippen molar-refractivity contribution in [3.63, 3.8) is 0 Å². The summed E-state index contributed by atoms with van der Waals surface area (Å²) in [6.07, 6.45) is 1.01. The van der Waals surface area contributed by atoms with Crippen LogP contribution in [-0.4, -0.2) is 12.1 Å². The van der Waals surface area contributed by atoms with Crippen LogP contribution in [0.5, 0.6) is 5.75 Å². The minimum absolute atomic E-state index is 0.379. The molecule has 0 fully saturated rings. The van der Waals surface area contributed by atoms with Crippen molar-refractivity contribution in [3.05, 3.63) is 59.2 Å². The molecule has 2 rings (SSSR count). The summed E-state index contributed by atoms with van der Waals surface area (Å²) in [4.78, 5) is 0.379. The fourth-order valence-corrected chi connectivity index (χ4v) is 2.45. The molecule has 4 heteroatoms. The maximum Gasteiger partial charge on any atom is 0.120 e. The van der Waals surface area contributed by atoms with E-state index < -0.39 is 0 Å². The second-order valence-corrected chi connectivity index (χ2v) is 5.19. The molecule has 0 saturated heterocycles. The fraction of sp³-hybridized carbons (Fsp3) is 0.235. The molecule has 21 heavy (non-hydrogen) atoms. The highest BCUT2D eigenvalue weighted by atomic mass is 32.1. The number of benzene rings is 2. The van der Waals surface area contributed by atoms with Crippen LogP contribution in [0.2, 0.25) is 0 Å². The van der Waals surface area contributed by atoms with Gasteiger partial charge in [-0.25, -0.2) is 0 Å². The zero-order chi connectivity index (χ0) is 15.2. The first-order valence-corrected chi connectivity index (χ1v) is 7.35. The van der Waals surface area contributed by atoms with Gasteiger partial charge in [0.1, 0.15) is 10.7 Å². The number of thiocarbonyl (C=S) groups is 1. The lowest BCUT2D eigenvalue weighted by atomic mass is 10.0. The summed E-state index contributed by atoms with van der Waals surface area (Å²) in [5.41, 5.74) is 10.1. The van der Waals surface area contributed by atoms with Crippen LogP contribution in [0.1, 0.15) is 23.6 Å². The molecule has 0 atom stereocenters. The van der Waals surface area contributed by atoms with E-state index in [1.165, 1.54) is 11.1 Å². The molecule has 0 aliphatic heterocycles. The van der Waals surface area contributed by atoms with Crippen molar-refractivity contribution in [3.8, 4) is 5.75 Å². The third kappa shape index (κ3) is 3.73. The molecule has 3 N–H and O–H groups in total. The van der Waals surface area contributed by atoms with E-state index in [0.29, 0.717) is 4.99 Å². The molecule has 2 aromatic carbocycles. The van der Waals surface area contributed by atoms with Crippen LogP contribution < -0.4 is 15.8 Å². The Morgan fingerprint density at radius 1 is 1.19 bits per heavy atom. The van der Waals surface area contributed by atoms with Crippen LogP contribution in [0.4, 0.5) is 5.69 Å². The number of hydrogen-bond acceptors (Lipinski definition) is 3. The molecule has 0 aromatic heterocycles. The van der Waals surface area contributed by atoms with Gasteiger partial charge in [0.25, 0.3) is 0 Å². The van der Waals surface area contributed by atoms with Gasteiger partial charge >= 0.3 is 0 Å². The van der Waals surface area contributed by atoms with Crippen LogP contribution in [0, 0.1) is 0 Å². The van der Waals surface area contributed by atoms with Gasteiger partial charge in [-0.15, -0.1) is 0 Å². The van der Waals surface area contributed by atoms with E-state index in [2.05, 4.69) is 36.5 Å². The van der Waals surface area contributed by atoms with Crippen molar-refractivity contribution in [1.82, 2.24) is 0 Å². The first kappa shape index (κ1) is 15.3. The topological polar surface area (TPSA) is 47.3 Å². The molecule has 0 saturated carbocycles. The van der Waals surface area contributed by atoms with Crippen LogP contribution in [0.25, 0.3) is 0 Å². The maximum absolute atomic E-state index is 5.78. The van der Waals surface area contributed by atoms with Crippen LogP contribution >= 0.6 is 12.2 Å². The summed E-state index contributed by atoms with van der Waals surface area (Å²) in [5, 5.41) is 3.41.